The highest BCUT2D eigenvalue weighted by molar-refractivity contribution is 6.37. The van der Waals surface area contributed by atoms with E-state index in [9.17, 15) is 24.0 Å². The lowest BCUT2D eigenvalue weighted by Gasteiger charge is -2.36. The normalized spacial score (nSPS) is 27.0. The van der Waals surface area contributed by atoms with Crippen molar-refractivity contribution in [1.29, 1.82) is 0 Å². The van der Waals surface area contributed by atoms with Crippen LogP contribution >= 0.6 is 11.6 Å². The fraction of sp³-hybridized carbons (Fsp3) is 0.657. The second-order valence-electron chi connectivity index (χ2n) is 15.0. The lowest BCUT2D eigenvalue weighted by molar-refractivity contribution is -0.145. The molecule has 0 aromatic heterocycles. The number of rotatable bonds is 11. The minimum Gasteiger partial charge on any atom is -0.387 e. The second-order valence-corrected chi connectivity index (χ2v) is 15.4. The van der Waals surface area contributed by atoms with Crippen molar-refractivity contribution in [1.82, 2.24) is 15.5 Å². The molecule has 11 nitrogen and oxygen atoms in total. The van der Waals surface area contributed by atoms with Gasteiger partial charge in [0.1, 0.15) is 12.1 Å². The first-order valence-corrected chi connectivity index (χ1v) is 17.4. The van der Waals surface area contributed by atoms with Gasteiger partial charge in [-0.1, -0.05) is 95.1 Å². The number of carbonyl (C=O) groups excluding carboxylic acids is 5. The lowest BCUT2D eigenvalue weighted by atomic mass is 9.84. The van der Waals surface area contributed by atoms with Crippen molar-refractivity contribution in [3.63, 3.8) is 0 Å². The minimum atomic E-state index is -1.14. The number of halogens is 1. The van der Waals surface area contributed by atoms with Gasteiger partial charge in [0.05, 0.1) is 18.3 Å². The van der Waals surface area contributed by atoms with Crippen LogP contribution in [0.3, 0.4) is 0 Å². The van der Waals surface area contributed by atoms with Crippen molar-refractivity contribution in [2.45, 2.75) is 116 Å². The molecule has 256 valence electrons. The molecule has 12 heteroatoms. The molecule has 2 aliphatic carbocycles. The molecule has 1 spiro atoms. The molecule has 0 bridgehead atoms. The largest absolute Gasteiger partial charge is 0.387 e. The summed E-state index contributed by atoms with van der Waals surface area (Å²) in [5.74, 6) is -2.36. The molecular weight excluding hydrogens is 622 g/mol. The summed E-state index contributed by atoms with van der Waals surface area (Å²) in [6.07, 6.45) is 7.93. The number of hydrogen-bond acceptors (Lipinski definition) is 7. The highest BCUT2D eigenvalue weighted by atomic mass is 35.5. The summed E-state index contributed by atoms with van der Waals surface area (Å²) in [6.45, 7) is 7.52. The summed E-state index contributed by atoms with van der Waals surface area (Å²) in [5, 5.41) is 10.6. The Hall–Kier alpha value is -3.47. The van der Waals surface area contributed by atoms with E-state index in [2.05, 4.69) is 15.8 Å². The fourth-order valence-corrected chi connectivity index (χ4v) is 7.80. The third-order valence-electron chi connectivity index (χ3n) is 10.3. The Kier molecular flexibility index (Phi) is 10.3. The molecule has 4 aliphatic rings. The third-order valence-corrected chi connectivity index (χ3v) is 10.5. The van der Waals surface area contributed by atoms with E-state index in [1.165, 1.54) is 24.2 Å². The van der Waals surface area contributed by atoms with Gasteiger partial charge in [-0.05, 0) is 42.2 Å². The number of carbonyl (C=O) groups is 5. The van der Waals surface area contributed by atoms with Gasteiger partial charge in [-0.3, -0.25) is 24.0 Å². The molecule has 2 aliphatic heterocycles. The van der Waals surface area contributed by atoms with Crippen LogP contribution in [0.1, 0.15) is 97.5 Å². The van der Waals surface area contributed by atoms with Crippen molar-refractivity contribution in [2.75, 3.05) is 6.54 Å². The topological polar surface area (TPSA) is 160 Å². The predicted molar refractivity (Wildman–Crippen MR) is 177 cm³/mol. The zero-order valence-corrected chi connectivity index (χ0v) is 28.6. The van der Waals surface area contributed by atoms with Crippen molar-refractivity contribution in [3.05, 3.63) is 34.9 Å². The Morgan fingerprint density at radius 3 is 2.47 bits per heavy atom. The number of benzene rings is 1. The lowest BCUT2D eigenvalue weighted by Crippen LogP contribution is -2.59. The van der Waals surface area contributed by atoms with Crippen molar-refractivity contribution in [3.8, 4) is 0 Å². The number of nitrogens with two attached hydrogens (primary N) is 1. The van der Waals surface area contributed by atoms with Crippen molar-refractivity contribution >= 4 is 46.7 Å². The van der Waals surface area contributed by atoms with Gasteiger partial charge in [-0.2, -0.15) is 0 Å². The van der Waals surface area contributed by atoms with Crippen molar-refractivity contribution in [2.24, 2.45) is 34.1 Å². The highest BCUT2D eigenvalue weighted by Crippen LogP contribution is 2.49. The maximum Gasteiger partial charge on any atom is 0.287 e. The van der Waals surface area contributed by atoms with E-state index < -0.39 is 52.6 Å². The van der Waals surface area contributed by atoms with Gasteiger partial charge in [0, 0.05) is 29.3 Å². The number of oxime groups is 1. The molecule has 0 radical (unpaired) electrons. The van der Waals surface area contributed by atoms with Gasteiger partial charge in [-0.25, -0.2) is 0 Å². The monoisotopic (exact) mass is 669 g/mol. The Morgan fingerprint density at radius 2 is 1.83 bits per heavy atom. The van der Waals surface area contributed by atoms with E-state index in [4.69, 9.17) is 22.2 Å². The summed E-state index contributed by atoms with van der Waals surface area (Å²) >= 11 is 6.23. The number of likely N-dealkylation sites (tertiary alicyclic amines) is 1. The molecule has 47 heavy (non-hydrogen) atoms. The average molecular weight is 670 g/mol. The van der Waals surface area contributed by atoms with Gasteiger partial charge >= 0.3 is 0 Å². The molecule has 1 aromatic carbocycles. The highest BCUT2D eigenvalue weighted by Gasteiger charge is 2.56. The first-order valence-electron chi connectivity index (χ1n) is 17.0. The van der Waals surface area contributed by atoms with Crippen LogP contribution in [0.5, 0.6) is 0 Å². The number of Topliss-reactive ketones (excluding diaryl/α,β-unsaturated/α-hetero) is 1. The van der Waals surface area contributed by atoms with Crippen LogP contribution in [0.25, 0.3) is 0 Å². The van der Waals surface area contributed by atoms with E-state index in [1.54, 1.807) is 12.1 Å². The molecule has 2 heterocycles. The Bertz CT molecular complexity index is 1440. The van der Waals surface area contributed by atoms with Crippen molar-refractivity contribution < 1.29 is 28.8 Å². The minimum absolute atomic E-state index is 0.0380. The molecule has 2 saturated carbocycles. The molecule has 1 saturated heterocycles. The average Bonchev–Trinajstić information content (AvgIpc) is 3.60. The number of nitrogens with zero attached hydrogens (tertiary/aromatic N) is 2. The maximum absolute atomic E-state index is 14.5. The van der Waals surface area contributed by atoms with Gasteiger partial charge in [0.15, 0.2) is 5.60 Å². The van der Waals surface area contributed by atoms with Crippen LogP contribution < -0.4 is 16.4 Å². The quantitative estimate of drug-likeness (QED) is 0.303. The second kappa shape index (κ2) is 13.9. The van der Waals surface area contributed by atoms with E-state index in [0.717, 1.165) is 24.8 Å². The Morgan fingerprint density at radius 1 is 1.11 bits per heavy atom. The maximum atomic E-state index is 14.5. The molecule has 1 aromatic rings. The zero-order chi connectivity index (χ0) is 34.1. The van der Waals surface area contributed by atoms with Crippen LogP contribution in [0.15, 0.2) is 29.4 Å². The summed E-state index contributed by atoms with van der Waals surface area (Å²) in [5.41, 5.74) is 4.99. The molecule has 4 amide bonds. The van der Waals surface area contributed by atoms with Crippen LogP contribution in [0, 0.1) is 23.2 Å². The summed E-state index contributed by atoms with van der Waals surface area (Å²) in [6, 6.07) is 4.13. The van der Waals surface area contributed by atoms with E-state index in [0.29, 0.717) is 35.4 Å². The first kappa shape index (κ1) is 34.9. The first-order chi connectivity index (χ1) is 22.2. The predicted octanol–water partition coefficient (Wildman–Crippen LogP) is 3.89. The Labute approximate surface area is 281 Å². The fourth-order valence-electron chi connectivity index (χ4n) is 7.61. The van der Waals surface area contributed by atoms with Crippen LogP contribution in [0.4, 0.5) is 0 Å². The molecule has 3 fully saturated rings. The molecule has 6 atom stereocenters. The molecular formula is C35H48ClN5O6. The van der Waals surface area contributed by atoms with Gasteiger partial charge in [0.25, 0.3) is 5.91 Å². The number of nitrogens with one attached hydrogen (secondary N) is 2. The van der Waals surface area contributed by atoms with Gasteiger partial charge in [0.2, 0.25) is 23.5 Å². The number of primary amides is 1. The smallest absolute Gasteiger partial charge is 0.287 e. The number of amides is 4. The molecule has 4 N–H and O–H groups in total. The van der Waals surface area contributed by atoms with E-state index >= 15 is 0 Å². The summed E-state index contributed by atoms with van der Waals surface area (Å²) in [4.78, 5) is 73.9. The zero-order valence-electron chi connectivity index (χ0n) is 27.9. The number of hydrogen-bond donors (Lipinski definition) is 3. The van der Waals surface area contributed by atoms with Crippen LogP contribution in [0.2, 0.25) is 5.02 Å². The Balaban J connectivity index is 1.38. The van der Waals surface area contributed by atoms with E-state index in [-0.39, 0.29) is 31.2 Å². The SMILES string of the molecule is CCC[C@H](NC(=O)[C@@H]1C[C@]2(CC(c3cccc(Cl)c3)=NO2)CN1C(=O)[C@@H](NC(=O)[C@H]1C[C@@H]1C1CCCCC1)C(C)(C)C)C(=O)C(N)=O. The summed E-state index contributed by atoms with van der Waals surface area (Å²) in [7, 11) is 0. The summed E-state index contributed by atoms with van der Waals surface area (Å²) < 4.78 is 0. The molecule has 0 unspecified atom stereocenters. The third kappa shape index (κ3) is 7.82. The van der Waals surface area contributed by atoms with Gasteiger partial charge < -0.3 is 26.1 Å². The standard InChI is InChI=1S/C35H48ClN5O6/c1-5-10-25(28(42)30(37)43)38-32(45)27-18-35(17-26(40-47-35)21-13-9-14-22(36)15-21)19-41(27)33(46)29(34(2,3)4)39-31(44)24-16-23(24)20-11-7-6-8-12-20/h9,13-15,20,23-25,27,29H,5-8,10-12,16-19H2,1-4H3,(H2,37,43)(H,38,45)(H,39,44)/t23-,24+,25+,27+,29-,35-/m1/s1. The van der Waals surface area contributed by atoms with E-state index in [1.807, 2.05) is 39.8 Å². The van der Waals surface area contributed by atoms with Crippen LogP contribution in [-0.4, -0.2) is 70.3 Å². The number of ketones is 1. The molecule has 5 rings (SSSR count). The van der Waals surface area contributed by atoms with Crippen LogP contribution in [-0.2, 0) is 28.8 Å². The van der Waals surface area contributed by atoms with Gasteiger partial charge in [-0.15, -0.1) is 0 Å².